The van der Waals surface area contributed by atoms with Gasteiger partial charge < -0.3 is 19.2 Å². The Kier molecular flexibility index (Phi) is 7.48. The number of H-pyrrole nitrogens is 1. The van der Waals surface area contributed by atoms with Crippen LogP contribution in [0.25, 0.3) is 21.8 Å². The van der Waals surface area contributed by atoms with Crippen molar-refractivity contribution in [2.75, 3.05) is 27.7 Å². The first-order valence-electron chi connectivity index (χ1n) is 10.3. The fraction of sp³-hybridized carbons (Fsp3) is 0.333. The van der Waals surface area contributed by atoms with Crippen molar-refractivity contribution >= 4 is 33.8 Å². The van der Waals surface area contributed by atoms with Crippen LogP contribution in [0, 0.1) is 0 Å². The maximum absolute atomic E-state index is 5.58. The molecule has 1 atom stereocenters. The normalized spacial score (nSPS) is 12.2. The SMILES string of the molecule is CC.COc1cc2cc[nH]c2cc1SNCC(c1cn(C)c2ccccc12)N(C)C. The molecule has 1 unspecified atom stereocenters. The topological polar surface area (TPSA) is 45.2 Å². The van der Waals surface area contributed by atoms with Crippen molar-refractivity contribution in [2.45, 2.75) is 24.8 Å². The Morgan fingerprint density at radius 2 is 1.93 bits per heavy atom. The molecule has 0 amide bonds. The van der Waals surface area contributed by atoms with E-state index in [2.05, 4.69) is 89.0 Å². The number of nitrogens with one attached hydrogen (secondary N) is 2. The first-order chi connectivity index (χ1) is 14.6. The Hall–Kier alpha value is -2.41. The van der Waals surface area contributed by atoms with Gasteiger partial charge in [0.05, 0.1) is 12.0 Å². The molecular formula is C24H32N4OS. The van der Waals surface area contributed by atoms with Gasteiger partial charge >= 0.3 is 0 Å². The highest BCUT2D eigenvalue weighted by molar-refractivity contribution is 7.97. The Morgan fingerprint density at radius 1 is 1.17 bits per heavy atom. The summed E-state index contributed by atoms with van der Waals surface area (Å²) in [5.74, 6) is 0.885. The molecule has 0 radical (unpaired) electrons. The number of hydrogen-bond acceptors (Lipinski definition) is 4. The van der Waals surface area contributed by atoms with Gasteiger partial charge in [0.2, 0.25) is 0 Å². The average Bonchev–Trinajstić information content (AvgIpc) is 3.36. The van der Waals surface area contributed by atoms with Gasteiger partial charge in [-0.2, -0.15) is 0 Å². The van der Waals surface area contributed by atoms with Gasteiger partial charge in [0.25, 0.3) is 0 Å². The fourth-order valence-electron chi connectivity index (χ4n) is 3.71. The highest BCUT2D eigenvalue weighted by atomic mass is 32.2. The van der Waals surface area contributed by atoms with Crippen molar-refractivity contribution < 1.29 is 4.74 Å². The molecule has 0 bridgehead atoms. The van der Waals surface area contributed by atoms with E-state index >= 15 is 0 Å². The first-order valence-corrected chi connectivity index (χ1v) is 11.2. The maximum Gasteiger partial charge on any atom is 0.134 e. The number of aromatic nitrogens is 2. The Morgan fingerprint density at radius 3 is 2.67 bits per heavy atom. The second-order valence-electron chi connectivity index (χ2n) is 7.21. The van der Waals surface area contributed by atoms with Crippen molar-refractivity contribution in [1.29, 1.82) is 0 Å². The number of hydrogen-bond donors (Lipinski definition) is 2. The average molecular weight is 425 g/mol. The van der Waals surface area contributed by atoms with E-state index in [0.29, 0.717) is 0 Å². The zero-order valence-corrected chi connectivity index (χ0v) is 19.5. The molecule has 0 aliphatic carbocycles. The van der Waals surface area contributed by atoms with E-state index in [1.54, 1.807) is 19.1 Å². The lowest BCUT2D eigenvalue weighted by atomic mass is 10.1. The number of para-hydroxylation sites is 1. The van der Waals surface area contributed by atoms with Crippen LogP contribution in [0.1, 0.15) is 25.5 Å². The summed E-state index contributed by atoms with van der Waals surface area (Å²) in [6.45, 7) is 4.82. The number of benzene rings is 2. The summed E-state index contributed by atoms with van der Waals surface area (Å²) in [5.41, 5.74) is 3.71. The predicted octanol–water partition coefficient (Wildman–Crippen LogP) is 5.59. The van der Waals surface area contributed by atoms with Gasteiger partial charge in [-0.05, 0) is 55.9 Å². The minimum atomic E-state index is 0.263. The lowest BCUT2D eigenvalue weighted by molar-refractivity contribution is 0.302. The number of likely N-dealkylation sites (N-methyl/N-ethyl adjacent to an activating group) is 1. The monoisotopic (exact) mass is 424 g/mol. The Labute approximate surface area is 183 Å². The molecule has 0 aliphatic heterocycles. The first kappa shape index (κ1) is 22.3. The minimum Gasteiger partial charge on any atom is -0.496 e. The lowest BCUT2D eigenvalue weighted by Gasteiger charge is -2.24. The molecule has 2 N–H and O–H groups in total. The van der Waals surface area contributed by atoms with Gasteiger partial charge in [0.1, 0.15) is 5.75 Å². The van der Waals surface area contributed by atoms with Crippen LogP contribution in [0.2, 0.25) is 0 Å². The highest BCUT2D eigenvalue weighted by Crippen LogP contribution is 2.33. The van der Waals surface area contributed by atoms with Crippen LogP contribution >= 0.6 is 11.9 Å². The molecule has 0 saturated heterocycles. The van der Waals surface area contributed by atoms with Crippen LogP contribution in [0.15, 0.2) is 59.8 Å². The minimum absolute atomic E-state index is 0.263. The van der Waals surface area contributed by atoms with Gasteiger partial charge in [0, 0.05) is 53.8 Å². The number of aryl methyl sites for hydroxylation is 1. The second kappa shape index (κ2) is 10.1. The van der Waals surface area contributed by atoms with Gasteiger partial charge in [-0.1, -0.05) is 32.0 Å². The van der Waals surface area contributed by atoms with Crippen molar-refractivity contribution in [3.05, 3.63) is 60.4 Å². The molecule has 6 heteroatoms. The Balaban J connectivity index is 0.00000124. The molecule has 5 nitrogen and oxygen atoms in total. The van der Waals surface area contributed by atoms with Gasteiger partial charge in [-0.3, -0.25) is 4.72 Å². The molecule has 0 fully saturated rings. The standard InChI is InChI=1S/C22H26N4OS.C2H6/c1-25(2)20(17-14-26(3)19-8-6-5-7-16(17)19)13-24-28-22-12-18-15(9-10-23-18)11-21(22)27-4;1-2/h5-12,14,20,23-24H,13H2,1-4H3;1-2H3. The van der Waals surface area contributed by atoms with Crippen LogP contribution in [0.5, 0.6) is 5.75 Å². The number of methoxy groups -OCH3 is 1. The van der Waals surface area contributed by atoms with Crippen molar-refractivity contribution in [3.63, 3.8) is 0 Å². The number of nitrogens with zero attached hydrogens (tertiary/aromatic N) is 2. The van der Waals surface area contributed by atoms with Crippen LogP contribution in [0.3, 0.4) is 0 Å². The zero-order valence-electron chi connectivity index (χ0n) is 18.7. The highest BCUT2D eigenvalue weighted by Gasteiger charge is 2.19. The largest absolute Gasteiger partial charge is 0.496 e. The van der Waals surface area contributed by atoms with Crippen molar-refractivity contribution in [1.82, 2.24) is 19.2 Å². The molecule has 160 valence electrons. The van der Waals surface area contributed by atoms with Crippen LogP contribution in [-0.2, 0) is 7.05 Å². The van der Waals surface area contributed by atoms with Crippen LogP contribution in [-0.4, -0.2) is 42.2 Å². The van der Waals surface area contributed by atoms with Crippen LogP contribution < -0.4 is 9.46 Å². The molecule has 4 aromatic rings. The number of ether oxygens (including phenoxy) is 1. The van der Waals surface area contributed by atoms with E-state index in [9.17, 15) is 0 Å². The molecule has 2 aromatic carbocycles. The maximum atomic E-state index is 5.58. The van der Waals surface area contributed by atoms with Gasteiger partial charge in [-0.15, -0.1) is 0 Å². The summed E-state index contributed by atoms with van der Waals surface area (Å²) in [7, 11) is 8.09. The van der Waals surface area contributed by atoms with E-state index < -0.39 is 0 Å². The molecule has 0 saturated carbocycles. The molecule has 4 rings (SSSR count). The van der Waals surface area contributed by atoms with Crippen molar-refractivity contribution in [3.8, 4) is 5.75 Å². The quantitative estimate of drug-likeness (QED) is 0.379. The van der Waals surface area contributed by atoms with E-state index in [4.69, 9.17) is 4.74 Å². The van der Waals surface area contributed by atoms with E-state index in [0.717, 1.165) is 28.1 Å². The molecule has 0 spiro atoms. The number of rotatable bonds is 7. The third-order valence-electron chi connectivity index (χ3n) is 5.21. The fourth-order valence-corrected chi connectivity index (χ4v) is 4.52. The third kappa shape index (κ3) is 4.51. The van der Waals surface area contributed by atoms with Gasteiger partial charge in [0.15, 0.2) is 0 Å². The summed E-state index contributed by atoms with van der Waals surface area (Å²) in [6, 6.07) is 15.1. The second-order valence-corrected chi connectivity index (χ2v) is 8.14. The summed E-state index contributed by atoms with van der Waals surface area (Å²) in [6.07, 6.45) is 4.20. The lowest BCUT2D eigenvalue weighted by Crippen LogP contribution is -2.28. The smallest absolute Gasteiger partial charge is 0.134 e. The molecule has 2 heterocycles. The van der Waals surface area contributed by atoms with E-state index in [1.165, 1.54) is 16.5 Å². The van der Waals surface area contributed by atoms with Crippen molar-refractivity contribution in [2.24, 2.45) is 7.05 Å². The third-order valence-corrected chi connectivity index (χ3v) is 6.06. The predicted molar refractivity (Wildman–Crippen MR) is 129 cm³/mol. The molecule has 0 aliphatic rings. The summed E-state index contributed by atoms with van der Waals surface area (Å²) >= 11 is 1.61. The zero-order chi connectivity index (χ0) is 21.7. The molecular weight excluding hydrogens is 392 g/mol. The van der Waals surface area contributed by atoms with E-state index in [-0.39, 0.29) is 6.04 Å². The summed E-state index contributed by atoms with van der Waals surface area (Å²) in [5, 5.41) is 2.46. The van der Waals surface area contributed by atoms with Gasteiger partial charge in [-0.25, -0.2) is 0 Å². The molecule has 30 heavy (non-hydrogen) atoms. The van der Waals surface area contributed by atoms with E-state index in [1.807, 2.05) is 20.0 Å². The summed E-state index contributed by atoms with van der Waals surface area (Å²) < 4.78 is 11.3. The number of aromatic amines is 1. The van der Waals surface area contributed by atoms with Crippen LogP contribution in [0.4, 0.5) is 0 Å². The number of fused-ring (bicyclic) bond motifs is 2. The Bertz CT molecular complexity index is 1100. The summed E-state index contributed by atoms with van der Waals surface area (Å²) in [4.78, 5) is 6.61. The molecule has 2 aromatic heterocycles.